The Kier molecular flexibility index (Phi) is 4.00. The summed E-state index contributed by atoms with van der Waals surface area (Å²) < 4.78 is 5.71. The summed E-state index contributed by atoms with van der Waals surface area (Å²) in [5, 5.41) is 10.7. The summed E-state index contributed by atoms with van der Waals surface area (Å²) in [5.41, 5.74) is 2.65. The second-order valence-electron chi connectivity index (χ2n) is 5.70. The zero-order chi connectivity index (χ0) is 17.1. The molecule has 6 heteroatoms. The molecule has 6 nitrogen and oxygen atoms in total. The van der Waals surface area contributed by atoms with Crippen molar-refractivity contribution in [2.24, 2.45) is 0 Å². The van der Waals surface area contributed by atoms with Crippen LogP contribution in [-0.2, 0) is 11.2 Å². The summed E-state index contributed by atoms with van der Waals surface area (Å²) in [6.07, 6.45) is 4.17. The van der Waals surface area contributed by atoms with Gasteiger partial charge in [-0.3, -0.25) is 9.89 Å². The molecule has 0 aliphatic rings. The van der Waals surface area contributed by atoms with E-state index >= 15 is 0 Å². The maximum atomic E-state index is 12.1. The molecule has 1 amide bonds. The Bertz CT molecular complexity index is 1000. The molecule has 0 saturated carbocycles. The van der Waals surface area contributed by atoms with E-state index < -0.39 is 0 Å². The van der Waals surface area contributed by atoms with Gasteiger partial charge in [-0.2, -0.15) is 5.10 Å². The third-order valence-electron chi connectivity index (χ3n) is 3.90. The summed E-state index contributed by atoms with van der Waals surface area (Å²) in [6.45, 7) is 0. The van der Waals surface area contributed by atoms with E-state index in [4.69, 9.17) is 4.42 Å². The van der Waals surface area contributed by atoms with Crippen LogP contribution < -0.4 is 5.32 Å². The molecule has 4 rings (SSSR count). The number of anilines is 1. The molecule has 0 aliphatic heterocycles. The van der Waals surface area contributed by atoms with E-state index in [2.05, 4.69) is 20.5 Å². The molecule has 2 heterocycles. The first-order valence-corrected chi connectivity index (χ1v) is 8.01. The minimum Gasteiger partial charge on any atom is -0.441 e. The maximum absolute atomic E-state index is 12.1. The van der Waals surface area contributed by atoms with Crippen LogP contribution in [0.3, 0.4) is 0 Å². The molecule has 124 valence electrons. The molecule has 25 heavy (non-hydrogen) atoms. The van der Waals surface area contributed by atoms with Crippen molar-refractivity contribution in [2.45, 2.75) is 12.8 Å². The molecule has 0 atom stereocenters. The number of aryl methyl sites for hydroxylation is 1. The maximum Gasteiger partial charge on any atom is 0.224 e. The van der Waals surface area contributed by atoms with Crippen molar-refractivity contribution in [3.8, 4) is 11.3 Å². The highest BCUT2D eigenvalue weighted by molar-refractivity contribution is 5.93. The highest BCUT2D eigenvalue weighted by Gasteiger charge is 2.09. The number of oxazole rings is 1. The molecule has 4 aromatic rings. The molecule has 2 N–H and O–H groups in total. The van der Waals surface area contributed by atoms with E-state index in [1.54, 1.807) is 12.4 Å². The summed E-state index contributed by atoms with van der Waals surface area (Å²) in [4.78, 5) is 16.4. The Morgan fingerprint density at radius 3 is 2.88 bits per heavy atom. The average molecular weight is 332 g/mol. The monoisotopic (exact) mass is 332 g/mol. The lowest BCUT2D eigenvalue weighted by molar-refractivity contribution is -0.116. The SMILES string of the molecule is O=C(CCc1ncc(-c2ccccc2)o1)Nc1ccc2[nH]ncc2c1. The summed E-state index contributed by atoms with van der Waals surface area (Å²) in [6, 6.07) is 15.4. The second-order valence-corrected chi connectivity index (χ2v) is 5.70. The van der Waals surface area contributed by atoms with Crippen LogP contribution in [0.4, 0.5) is 5.69 Å². The van der Waals surface area contributed by atoms with Crippen LogP contribution >= 0.6 is 0 Å². The molecule has 0 unspecified atom stereocenters. The van der Waals surface area contributed by atoms with Crippen molar-refractivity contribution in [2.75, 3.05) is 5.32 Å². The van der Waals surface area contributed by atoms with Gasteiger partial charge in [-0.15, -0.1) is 0 Å². The van der Waals surface area contributed by atoms with E-state index in [1.807, 2.05) is 48.5 Å². The molecule has 0 bridgehead atoms. The van der Waals surface area contributed by atoms with Crippen molar-refractivity contribution in [3.63, 3.8) is 0 Å². The molecule has 0 spiro atoms. The number of hydrogen-bond acceptors (Lipinski definition) is 4. The normalized spacial score (nSPS) is 10.9. The molecule has 2 aromatic heterocycles. The summed E-state index contributed by atoms with van der Waals surface area (Å²) in [5.74, 6) is 1.18. The van der Waals surface area contributed by atoms with Gasteiger partial charge < -0.3 is 9.73 Å². The first kappa shape index (κ1) is 15.1. The quantitative estimate of drug-likeness (QED) is 0.582. The van der Waals surface area contributed by atoms with Gasteiger partial charge in [-0.1, -0.05) is 30.3 Å². The number of rotatable bonds is 5. The predicted molar refractivity (Wildman–Crippen MR) is 95.0 cm³/mol. The van der Waals surface area contributed by atoms with Gasteiger partial charge in [0, 0.05) is 29.5 Å². The third-order valence-corrected chi connectivity index (χ3v) is 3.90. The minimum absolute atomic E-state index is 0.0812. The number of carbonyl (C=O) groups is 1. The Morgan fingerprint density at radius 2 is 2.00 bits per heavy atom. The van der Waals surface area contributed by atoms with E-state index in [0.717, 1.165) is 22.2 Å². The van der Waals surface area contributed by atoms with Gasteiger partial charge in [0.1, 0.15) is 0 Å². The molecule has 0 fully saturated rings. The zero-order valence-corrected chi connectivity index (χ0v) is 13.4. The number of nitrogens with one attached hydrogen (secondary N) is 2. The lowest BCUT2D eigenvalue weighted by Crippen LogP contribution is -2.12. The number of aromatic amines is 1. The highest BCUT2D eigenvalue weighted by atomic mass is 16.4. The van der Waals surface area contributed by atoms with E-state index in [0.29, 0.717) is 24.5 Å². The van der Waals surface area contributed by atoms with Crippen LogP contribution in [-0.4, -0.2) is 21.1 Å². The van der Waals surface area contributed by atoms with Gasteiger partial charge >= 0.3 is 0 Å². The minimum atomic E-state index is -0.0812. The second kappa shape index (κ2) is 6.60. The van der Waals surface area contributed by atoms with Crippen molar-refractivity contribution < 1.29 is 9.21 Å². The summed E-state index contributed by atoms with van der Waals surface area (Å²) in [7, 11) is 0. The zero-order valence-electron chi connectivity index (χ0n) is 13.4. The number of nitrogens with zero attached hydrogens (tertiary/aromatic N) is 2. The van der Waals surface area contributed by atoms with Crippen LogP contribution in [0.25, 0.3) is 22.2 Å². The molecular weight excluding hydrogens is 316 g/mol. The van der Waals surface area contributed by atoms with E-state index in [1.165, 1.54) is 0 Å². The Morgan fingerprint density at radius 1 is 1.12 bits per heavy atom. The fraction of sp³-hybridized carbons (Fsp3) is 0.105. The molecule has 0 saturated heterocycles. The van der Waals surface area contributed by atoms with Gasteiger partial charge in [0.15, 0.2) is 11.7 Å². The lowest BCUT2D eigenvalue weighted by atomic mass is 10.2. The van der Waals surface area contributed by atoms with E-state index in [-0.39, 0.29) is 5.91 Å². The Labute approximate surface area is 143 Å². The molecule has 0 radical (unpaired) electrons. The van der Waals surface area contributed by atoms with Crippen molar-refractivity contribution in [3.05, 3.63) is 66.8 Å². The number of hydrogen-bond donors (Lipinski definition) is 2. The summed E-state index contributed by atoms with van der Waals surface area (Å²) >= 11 is 0. The number of amides is 1. The number of aromatic nitrogens is 3. The van der Waals surface area contributed by atoms with E-state index in [9.17, 15) is 4.79 Å². The lowest BCUT2D eigenvalue weighted by Gasteiger charge is -2.04. The van der Waals surface area contributed by atoms with Crippen molar-refractivity contribution >= 4 is 22.5 Å². The van der Waals surface area contributed by atoms with Gasteiger partial charge in [0.25, 0.3) is 0 Å². The number of H-pyrrole nitrogens is 1. The van der Waals surface area contributed by atoms with Crippen molar-refractivity contribution in [1.82, 2.24) is 15.2 Å². The van der Waals surface area contributed by atoms with Crippen LogP contribution in [0.5, 0.6) is 0 Å². The fourth-order valence-electron chi connectivity index (χ4n) is 2.63. The average Bonchev–Trinajstić information content (AvgIpc) is 3.30. The van der Waals surface area contributed by atoms with Crippen molar-refractivity contribution in [1.29, 1.82) is 0 Å². The van der Waals surface area contributed by atoms with Crippen LogP contribution in [0, 0.1) is 0 Å². The molecule has 0 aliphatic carbocycles. The predicted octanol–water partition coefficient (Wildman–Crippen LogP) is 3.79. The Balaban J connectivity index is 1.36. The largest absolute Gasteiger partial charge is 0.441 e. The molecule has 2 aromatic carbocycles. The van der Waals surface area contributed by atoms with Gasteiger partial charge in [-0.25, -0.2) is 4.98 Å². The fourth-order valence-corrected chi connectivity index (χ4v) is 2.63. The smallest absolute Gasteiger partial charge is 0.224 e. The topological polar surface area (TPSA) is 83.8 Å². The number of carbonyl (C=O) groups excluding carboxylic acids is 1. The molecular formula is C19H16N4O2. The first-order chi connectivity index (χ1) is 12.3. The number of fused-ring (bicyclic) bond motifs is 1. The van der Waals surface area contributed by atoms with Gasteiger partial charge in [0.2, 0.25) is 5.91 Å². The van der Waals surface area contributed by atoms with Crippen LogP contribution in [0.2, 0.25) is 0 Å². The standard InChI is InChI=1S/C19H16N4O2/c24-18(22-15-6-7-16-14(10-15)11-21-23-16)8-9-19-20-12-17(25-19)13-4-2-1-3-5-13/h1-7,10-12H,8-9H2,(H,21,23)(H,22,24). The van der Waals surface area contributed by atoms with Gasteiger partial charge in [0.05, 0.1) is 17.9 Å². The number of benzene rings is 2. The first-order valence-electron chi connectivity index (χ1n) is 8.01. The van der Waals surface area contributed by atoms with Crippen LogP contribution in [0.15, 0.2) is 65.3 Å². The highest BCUT2D eigenvalue weighted by Crippen LogP contribution is 2.21. The third kappa shape index (κ3) is 3.42. The van der Waals surface area contributed by atoms with Gasteiger partial charge in [-0.05, 0) is 18.2 Å². The Hall–Kier alpha value is -3.41. The van der Waals surface area contributed by atoms with Crippen LogP contribution in [0.1, 0.15) is 12.3 Å².